The first-order chi connectivity index (χ1) is 12.7. The first-order valence-electron chi connectivity index (χ1n) is 8.59. The Hall–Kier alpha value is -3.03. The number of carbonyl (C=O) groups excluding carboxylic acids is 2. The molecule has 1 aromatic carbocycles. The van der Waals surface area contributed by atoms with Crippen LogP contribution in [0.3, 0.4) is 0 Å². The monoisotopic (exact) mass is 358 g/mol. The van der Waals surface area contributed by atoms with Crippen LogP contribution >= 0.6 is 0 Å². The quantitative estimate of drug-likeness (QED) is 0.815. The molecule has 2 amide bonds. The number of hydrogen-bond donors (Lipinski definition) is 0. The summed E-state index contributed by atoms with van der Waals surface area (Å²) in [6.45, 7) is 4.20. The summed E-state index contributed by atoms with van der Waals surface area (Å²) in [5.74, 6) is 0.595. The fourth-order valence-electron chi connectivity index (χ4n) is 2.67. The summed E-state index contributed by atoms with van der Waals surface area (Å²) in [4.78, 5) is 27.6. The van der Waals surface area contributed by atoms with Crippen LogP contribution in [0.15, 0.2) is 42.6 Å². The first kappa shape index (κ1) is 17.8. The maximum absolute atomic E-state index is 12.6. The van der Waals surface area contributed by atoms with Gasteiger partial charge in [-0.3, -0.25) is 4.79 Å². The number of rotatable bonds is 5. The van der Waals surface area contributed by atoms with Crippen molar-refractivity contribution < 1.29 is 19.1 Å². The molecule has 8 heteroatoms. The molecule has 1 aromatic heterocycles. The number of ether oxygens (including phenoxy) is 2. The molecule has 0 saturated carbocycles. The van der Waals surface area contributed by atoms with Crippen molar-refractivity contribution >= 4 is 12.0 Å². The molecular formula is C18H22N4O4. The third-order valence-electron chi connectivity index (χ3n) is 4.06. The average Bonchev–Trinajstić information content (AvgIpc) is 3.16. The molecule has 0 unspecified atom stereocenters. The molecule has 8 nitrogen and oxygen atoms in total. The van der Waals surface area contributed by atoms with Gasteiger partial charge in [0.2, 0.25) is 0 Å². The minimum atomic E-state index is -0.332. The van der Waals surface area contributed by atoms with Crippen molar-refractivity contribution in [1.82, 2.24) is 19.6 Å². The predicted octanol–water partition coefficient (Wildman–Crippen LogP) is 1.83. The van der Waals surface area contributed by atoms with Gasteiger partial charge in [0.1, 0.15) is 5.75 Å². The van der Waals surface area contributed by atoms with Crippen molar-refractivity contribution in [3.05, 3.63) is 48.3 Å². The van der Waals surface area contributed by atoms with Gasteiger partial charge in [0.05, 0.1) is 6.61 Å². The zero-order chi connectivity index (χ0) is 18.4. The fraction of sp³-hybridized carbons (Fsp3) is 0.389. The molecule has 1 fully saturated rings. The molecule has 0 spiro atoms. The van der Waals surface area contributed by atoms with E-state index in [2.05, 4.69) is 5.10 Å². The van der Waals surface area contributed by atoms with E-state index in [4.69, 9.17) is 9.47 Å². The van der Waals surface area contributed by atoms with Gasteiger partial charge in [-0.2, -0.15) is 5.10 Å². The van der Waals surface area contributed by atoms with Crippen LogP contribution in [0.4, 0.5) is 4.79 Å². The summed E-state index contributed by atoms with van der Waals surface area (Å²) in [5.41, 5.74) is 0.367. The second-order valence-corrected chi connectivity index (χ2v) is 5.81. The minimum absolute atomic E-state index is 0.146. The lowest BCUT2D eigenvalue weighted by molar-refractivity contribution is 0.0564. The summed E-state index contributed by atoms with van der Waals surface area (Å²) in [6, 6.07) is 11.1. The average molecular weight is 358 g/mol. The van der Waals surface area contributed by atoms with E-state index in [1.54, 1.807) is 33.7 Å². The lowest BCUT2D eigenvalue weighted by Crippen LogP contribution is -2.50. The highest BCUT2D eigenvalue weighted by molar-refractivity contribution is 5.92. The molecule has 1 aliphatic heterocycles. The van der Waals surface area contributed by atoms with Crippen LogP contribution in [-0.4, -0.2) is 64.4 Å². The zero-order valence-corrected chi connectivity index (χ0v) is 14.7. The molecule has 2 heterocycles. The fourth-order valence-corrected chi connectivity index (χ4v) is 2.67. The molecule has 0 radical (unpaired) electrons. The predicted molar refractivity (Wildman–Crippen MR) is 93.8 cm³/mol. The zero-order valence-electron chi connectivity index (χ0n) is 14.7. The highest BCUT2D eigenvalue weighted by Crippen LogP contribution is 2.11. The van der Waals surface area contributed by atoms with Gasteiger partial charge in [0, 0.05) is 32.4 Å². The Kier molecular flexibility index (Phi) is 5.73. The number of carbonyl (C=O) groups is 2. The van der Waals surface area contributed by atoms with Crippen molar-refractivity contribution in [2.75, 3.05) is 32.8 Å². The van der Waals surface area contributed by atoms with Gasteiger partial charge >= 0.3 is 6.09 Å². The Morgan fingerprint density at radius 3 is 2.42 bits per heavy atom. The lowest BCUT2D eigenvalue weighted by Gasteiger charge is -2.33. The van der Waals surface area contributed by atoms with Crippen LogP contribution in [0.5, 0.6) is 5.75 Å². The van der Waals surface area contributed by atoms with Crippen LogP contribution in [0, 0.1) is 0 Å². The van der Waals surface area contributed by atoms with Crippen LogP contribution in [0.2, 0.25) is 0 Å². The summed E-state index contributed by atoms with van der Waals surface area (Å²) in [7, 11) is 0. The van der Waals surface area contributed by atoms with E-state index in [-0.39, 0.29) is 18.7 Å². The summed E-state index contributed by atoms with van der Waals surface area (Å²) < 4.78 is 12.2. The number of aromatic nitrogens is 2. The third-order valence-corrected chi connectivity index (χ3v) is 4.06. The van der Waals surface area contributed by atoms with Gasteiger partial charge in [-0.15, -0.1) is 0 Å². The minimum Gasteiger partial charge on any atom is -0.471 e. The van der Waals surface area contributed by atoms with Crippen molar-refractivity contribution in [3.8, 4) is 5.75 Å². The SMILES string of the molecule is CCOC(=O)N1CCN(C(=O)c2ccn(COc3ccccc3)n2)CC1. The molecular weight excluding hydrogens is 336 g/mol. The first-order valence-corrected chi connectivity index (χ1v) is 8.59. The largest absolute Gasteiger partial charge is 0.471 e. The molecule has 0 aliphatic carbocycles. The number of para-hydroxylation sites is 1. The van der Waals surface area contributed by atoms with Crippen molar-refractivity contribution in [3.63, 3.8) is 0 Å². The highest BCUT2D eigenvalue weighted by Gasteiger charge is 2.26. The third kappa shape index (κ3) is 4.33. The van der Waals surface area contributed by atoms with Crippen molar-refractivity contribution in [2.24, 2.45) is 0 Å². The summed E-state index contributed by atoms with van der Waals surface area (Å²) >= 11 is 0. The van der Waals surface area contributed by atoms with Gasteiger partial charge in [-0.1, -0.05) is 18.2 Å². The Labute approximate surface area is 151 Å². The molecule has 0 bridgehead atoms. The Balaban J connectivity index is 1.51. The number of benzene rings is 1. The summed E-state index contributed by atoms with van der Waals surface area (Å²) in [6.07, 6.45) is 1.38. The van der Waals surface area contributed by atoms with E-state index in [0.717, 1.165) is 5.75 Å². The number of amides is 2. The molecule has 2 aromatic rings. The summed E-state index contributed by atoms with van der Waals surface area (Å²) in [5, 5.41) is 4.28. The van der Waals surface area contributed by atoms with Gasteiger partial charge in [0.15, 0.2) is 12.4 Å². The van der Waals surface area contributed by atoms with E-state index in [0.29, 0.717) is 38.5 Å². The van der Waals surface area contributed by atoms with Gasteiger partial charge in [0.25, 0.3) is 5.91 Å². The maximum atomic E-state index is 12.6. The van der Waals surface area contributed by atoms with Crippen LogP contribution in [0.1, 0.15) is 17.4 Å². The van der Waals surface area contributed by atoms with Gasteiger partial charge in [-0.05, 0) is 25.1 Å². The molecule has 138 valence electrons. The van der Waals surface area contributed by atoms with E-state index in [1.807, 2.05) is 30.3 Å². The van der Waals surface area contributed by atoms with Gasteiger partial charge in [-0.25, -0.2) is 9.48 Å². The van der Waals surface area contributed by atoms with E-state index < -0.39 is 0 Å². The van der Waals surface area contributed by atoms with E-state index in [1.165, 1.54) is 0 Å². The number of nitrogens with zero attached hydrogens (tertiary/aromatic N) is 4. The Morgan fingerprint density at radius 1 is 1.04 bits per heavy atom. The van der Waals surface area contributed by atoms with Crippen LogP contribution < -0.4 is 4.74 Å². The molecule has 0 atom stereocenters. The van der Waals surface area contributed by atoms with E-state index in [9.17, 15) is 9.59 Å². The lowest BCUT2D eigenvalue weighted by atomic mass is 10.3. The number of piperazine rings is 1. The van der Waals surface area contributed by atoms with Crippen LogP contribution in [0.25, 0.3) is 0 Å². The second kappa shape index (κ2) is 8.37. The maximum Gasteiger partial charge on any atom is 0.409 e. The molecule has 26 heavy (non-hydrogen) atoms. The van der Waals surface area contributed by atoms with Crippen molar-refractivity contribution in [2.45, 2.75) is 13.7 Å². The highest BCUT2D eigenvalue weighted by atomic mass is 16.6. The molecule has 1 saturated heterocycles. The second-order valence-electron chi connectivity index (χ2n) is 5.81. The van der Waals surface area contributed by atoms with E-state index >= 15 is 0 Å². The molecule has 3 rings (SSSR count). The topological polar surface area (TPSA) is 76.9 Å². The Bertz CT molecular complexity index is 739. The number of hydrogen-bond acceptors (Lipinski definition) is 5. The smallest absolute Gasteiger partial charge is 0.409 e. The molecule has 1 aliphatic rings. The standard InChI is InChI=1S/C18H22N4O4/c1-2-25-18(24)21-12-10-20(11-13-21)17(23)16-8-9-22(19-16)14-26-15-6-4-3-5-7-15/h3-9H,2,10-14H2,1H3. The molecule has 0 N–H and O–H groups in total. The normalized spacial score (nSPS) is 14.2. The van der Waals surface area contributed by atoms with Crippen LogP contribution in [-0.2, 0) is 11.5 Å². The van der Waals surface area contributed by atoms with Gasteiger partial charge < -0.3 is 19.3 Å². The Morgan fingerprint density at radius 2 is 1.73 bits per heavy atom. The van der Waals surface area contributed by atoms with Crippen molar-refractivity contribution in [1.29, 1.82) is 0 Å².